The fourth-order valence-electron chi connectivity index (χ4n) is 2.81. The van der Waals surface area contributed by atoms with E-state index < -0.39 is 56.2 Å². The maximum absolute atomic E-state index is 13.4. The van der Waals surface area contributed by atoms with Gasteiger partial charge in [0.05, 0.1) is 20.6 Å². The smallest absolute Gasteiger partial charge is 0.339 e. The fourth-order valence-corrected chi connectivity index (χ4v) is 4.08. The van der Waals surface area contributed by atoms with Crippen molar-refractivity contribution >= 4 is 22.7 Å². The zero-order valence-electron chi connectivity index (χ0n) is 17.7. The summed E-state index contributed by atoms with van der Waals surface area (Å²) in [5.74, 6) is -4.16. The minimum absolute atomic E-state index is 0.211. The third-order valence-corrected chi connectivity index (χ3v) is 6.16. The van der Waals surface area contributed by atoms with Gasteiger partial charge in [-0.15, -0.1) is 0 Å². The van der Waals surface area contributed by atoms with Crippen molar-refractivity contribution in [1.29, 1.82) is 0 Å². The van der Waals surface area contributed by atoms with Crippen LogP contribution < -0.4 is 0 Å². The number of phenols is 2. The van der Waals surface area contributed by atoms with E-state index in [0.717, 1.165) is 0 Å². The van der Waals surface area contributed by atoms with E-state index in [9.17, 15) is 34.2 Å². The van der Waals surface area contributed by atoms with E-state index >= 15 is 0 Å². The molecule has 0 heterocycles. The van der Waals surface area contributed by atoms with E-state index in [2.05, 4.69) is 0 Å². The van der Waals surface area contributed by atoms with Crippen LogP contribution in [0, 0.1) is 0 Å². The van der Waals surface area contributed by atoms with Crippen LogP contribution >= 0.6 is 0 Å². The largest absolute Gasteiger partial charge is 0.506 e. The quantitative estimate of drug-likeness (QED) is 0.565. The predicted molar refractivity (Wildman–Crippen MR) is 112 cm³/mol. The molecule has 162 valence electrons. The molecule has 2 aromatic carbocycles. The molecule has 30 heavy (non-hydrogen) atoms. The second kappa shape index (κ2) is 7.75. The molecule has 8 heteroatoms. The van der Waals surface area contributed by atoms with Crippen LogP contribution in [0.15, 0.2) is 34.1 Å². The van der Waals surface area contributed by atoms with Gasteiger partial charge in [-0.2, -0.15) is 0 Å². The Bertz CT molecular complexity index is 973. The number of hydrogen-bond donors (Lipinski definition) is 4. The van der Waals surface area contributed by atoms with Gasteiger partial charge in [0.1, 0.15) is 22.6 Å². The molecule has 7 nitrogen and oxygen atoms in total. The summed E-state index contributed by atoms with van der Waals surface area (Å²) >= 11 is 0. The van der Waals surface area contributed by atoms with Gasteiger partial charge in [-0.1, -0.05) is 41.5 Å². The predicted octanol–water partition coefficient (Wildman–Crippen LogP) is 4.26. The SMILES string of the molecule is CC(C)(C)c1cc(C(=O)O)c(O)c(S(=O)c2cc(C(C)(C)C)cc(C(=O)O)c2O)c1. The Hall–Kier alpha value is -2.87. The van der Waals surface area contributed by atoms with Crippen LogP contribution in [-0.2, 0) is 21.6 Å². The van der Waals surface area contributed by atoms with Crippen molar-refractivity contribution in [3.05, 3.63) is 46.5 Å². The lowest BCUT2D eigenvalue weighted by Gasteiger charge is -2.23. The number of aromatic carboxylic acids is 2. The fraction of sp³-hybridized carbons (Fsp3) is 0.364. The molecule has 2 rings (SSSR count). The first-order chi connectivity index (χ1) is 13.6. The van der Waals surface area contributed by atoms with Crippen molar-refractivity contribution in [2.24, 2.45) is 0 Å². The topological polar surface area (TPSA) is 132 Å². The molecular formula is C22H26O7S. The summed E-state index contributed by atoms with van der Waals surface area (Å²) in [5, 5.41) is 40.0. The highest BCUT2D eigenvalue weighted by atomic mass is 32.2. The lowest BCUT2D eigenvalue weighted by atomic mass is 9.86. The van der Waals surface area contributed by atoms with E-state index in [1.54, 1.807) is 0 Å². The van der Waals surface area contributed by atoms with Crippen LogP contribution in [0.2, 0.25) is 0 Å². The first-order valence-corrected chi connectivity index (χ1v) is 10.3. The molecule has 2 aromatic rings. The normalized spacial score (nSPS) is 12.2. The number of rotatable bonds is 4. The van der Waals surface area contributed by atoms with Gasteiger partial charge in [0.15, 0.2) is 0 Å². The van der Waals surface area contributed by atoms with Crippen molar-refractivity contribution in [2.75, 3.05) is 0 Å². The Morgan fingerprint density at radius 3 is 1.23 bits per heavy atom. The van der Waals surface area contributed by atoms with Crippen LogP contribution in [0.1, 0.15) is 73.4 Å². The molecule has 0 aromatic heterocycles. The molecule has 0 atom stereocenters. The average molecular weight is 435 g/mol. The first kappa shape index (κ1) is 23.4. The molecule has 0 amide bonds. The van der Waals surface area contributed by atoms with Gasteiger partial charge in [-0.05, 0) is 46.2 Å². The van der Waals surface area contributed by atoms with Gasteiger partial charge in [0, 0.05) is 0 Å². The zero-order valence-corrected chi connectivity index (χ0v) is 18.5. The molecule has 0 aliphatic carbocycles. The lowest BCUT2D eigenvalue weighted by molar-refractivity contribution is 0.0681. The minimum Gasteiger partial charge on any atom is -0.506 e. The summed E-state index contributed by atoms with van der Waals surface area (Å²) in [7, 11) is -2.24. The minimum atomic E-state index is -2.24. The van der Waals surface area contributed by atoms with Crippen molar-refractivity contribution in [2.45, 2.75) is 62.2 Å². The summed E-state index contributed by atoms with van der Waals surface area (Å²) < 4.78 is 13.4. The van der Waals surface area contributed by atoms with Gasteiger partial charge in [0.2, 0.25) is 0 Å². The summed E-state index contributed by atoms with van der Waals surface area (Å²) in [4.78, 5) is 22.8. The Labute approximate surface area is 177 Å². The Morgan fingerprint density at radius 1 is 0.700 bits per heavy atom. The van der Waals surface area contributed by atoms with Crippen LogP contribution in [0.5, 0.6) is 11.5 Å². The third-order valence-electron chi connectivity index (χ3n) is 4.74. The van der Waals surface area contributed by atoms with E-state index in [4.69, 9.17) is 0 Å². The van der Waals surface area contributed by atoms with Gasteiger partial charge in [-0.3, -0.25) is 0 Å². The molecule has 0 fully saturated rings. The Kier molecular flexibility index (Phi) is 6.05. The molecule has 0 saturated heterocycles. The first-order valence-electron chi connectivity index (χ1n) is 9.19. The highest BCUT2D eigenvalue weighted by molar-refractivity contribution is 7.85. The summed E-state index contributed by atoms with van der Waals surface area (Å²) in [6.07, 6.45) is 0. The molecule has 0 bridgehead atoms. The number of carboxylic acids is 2. The van der Waals surface area contributed by atoms with Gasteiger partial charge < -0.3 is 20.4 Å². The highest BCUT2D eigenvalue weighted by Crippen LogP contribution is 2.39. The molecule has 0 aliphatic rings. The van der Waals surface area contributed by atoms with Crippen molar-refractivity contribution in [3.8, 4) is 11.5 Å². The van der Waals surface area contributed by atoms with Crippen molar-refractivity contribution < 1.29 is 34.2 Å². The highest BCUT2D eigenvalue weighted by Gasteiger charge is 2.29. The van der Waals surface area contributed by atoms with Gasteiger partial charge in [0.25, 0.3) is 0 Å². The molecule has 4 N–H and O–H groups in total. The molecule has 0 radical (unpaired) electrons. The number of carboxylic acid groups (broad SMARTS) is 2. The van der Waals surface area contributed by atoms with Crippen molar-refractivity contribution in [1.82, 2.24) is 0 Å². The number of benzene rings is 2. The monoisotopic (exact) mass is 434 g/mol. The molecular weight excluding hydrogens is 408 g/mol. The summed E-state index contributed by atoms with van der Waals surface area (Å²) in [6, 6.07) is 5.46. The van der Waals surface area contributed by atoms with E-state index in [1.165, 1.54) is 24.3 Å². The van der Waals surface area contributed by atoms with Crippen LogP contribution in [0.4, 0.5) is 0 Å². The third kappa shape index (κ3) is 4.48. The van der Waals surface area contributed by atoms with Gasteiger partial charge in [-0.25, -0.2) is 13.8 Å². The van der Waals surface area contributed by atoms with E-state index in [0.29, 0.717) is 11.1 Å². The number of aromatic hydroxyl groups is 2. The van der Waals surface area contributed by atoms with E-state index in [1.807, 2.05) is 41.5 Å². The molecule has 0 unspecified atom stereocenters. The molecule has 0 aliphatic heterocycles. The second-order valence-corrected chi connectivity index (χ2v) is 10.5. The van der Waals surface area contributed by atoms with Crippen LogP contribution in [0.25, 0.3) is 0 Å². The molecule has 0 saturated carbocycles. The second-order valence-electron chi connectivity index (χ2n) is 9.12. The number of hydrogen-bond acceptors (Lipinski definition) is 5. The van der Waals surface area contributed by atoms with Crippen LogP contribution in [0.3, 0.4) is 0 Å². The van der Waals surface area contributed by atoms with Crippen molar-refractivity contribution in [3.63, 3.8) is 0 Å². The van der Waals surface area contributed by atoms with E-state index in [-0.39, 0.29) is 9.79 Å². The number of carbonyl (C=O) groups is 2. The Balaban J connectivity index is 2.86. The summed E-state index contributed by atoms with van der Waals surface area (Å²) in [6.45, 7) is 11.0. The molecule has 0 spiro atoms. The summed E-state index contributed by atoms with van der Waals surface area (Å²) in [5.41, 5.74) is -0.833. The lowest BCUT2D eigenvalue weighted by Crippen LogP contribution is -2.15. The Morgan fingerprint density at radius 2 is 1.00 bits per heavy atom. The average Bonchev–Trinajstić information content (AvgIpc) is 2.58. The standard InChI is InChI=1S/C22H26O7S/c1-21(2,3)11-7-13(19(25)26)17(23)15(9-11)30(29)16-10-12(22(4,5)6)8-14(18(16)24)20(27)28/h7-10,23-24H,1-6H3,(H,25,26)(H,27,28). The zero-order chi connectivity index (χ0) is 23.2. The maximum Gasteiger partial charge on any atom is 0.339 e. The van der Waals surface area contributed by atoms with Crippen LogP contribution in [-0.4, -0.2) is 36.6 Å². The van der Waals surface area contributed by atoms with Gasteiger partial charge >= 0.3 is 11.9 Å². The maximum atomic E-state index is 13.4.